The van der Waals surface area contributed by atoms with Gasteiger partial charge in [-0.05, 0) is 49.6 Å². The quantitative estimate of drug-likeness (QED) is 0.856. The number of nitrogens with zero attached hydrogens (tertiary/aromatic N) is 2. The molecule has 0 spiro atoms. The lowest BCUT2D eigenvalue weighted by atomic mass is 9.90. The van der Waals surface area contributed by atoms with Gasteiger partial charge >= 0.3 is 0 Å². The zero-order chi connectivity index (χ0) is 15.9. The van der Waals surface area contributed by atoms with Gasteiger partial charge in [-0.2, -0.15) is 4.31 Å². The van der Waals surface area contributed by atoms with Crippen molar-refractivity contribution in [1.82, 2.24) is 9.21 Å². The third-order valence-electron chi connectivity index (χ3n) is 4.90. The SMILES string of the molecule is Cc1cc(F)ccc1C1CCCCN1C1CN(S(C)(=O)=O)C1. The van der Waals surface area contributed by atoms with Gasteiger partial charge in [-0.1, -0.05) is 12.5 Å². The van der Waals surface area contributed by atoms with Crippen LogP contribution in [0.25, 0.3) is 0 Å². The zero-order valence-corrected chi connectivity index (χ0v) is 13.9. The average molecular weight is 326 g/mol. The van der Waals surface area contributed by atoms with Crippen LogP contribution in [-0.2, 0) is 10.0 Å². The van der Waals surface area contributed by atoms with E-state index < -0.39 is 10.0 Å². The second-order valence-corrected chi connectivity index (χ2v) is 8.47. The third-order valence-corrected chi connectivity index (χ3v) is 6.14. The standard InChI is InChI=1S/C16H23FN2O2S/c1-12-9-13(17)6-7-15(12)16-5-3-4-8-19(16)14-10-18(11-14)22(2,20)21/h6-7,9,14,16H,3-5,8,10-11H2,1-2H3. The first kappa shape index (κ1) is 15.9. The van der Waals surface area contributed by atoms with E-state index in [4.69, 9.17) is 0 Å². The van der Waals surface area contributed by atoms with E-state index in [1.807, 2.05) is 13.0 Å². The lowest BCUT2D eigenvalue weighted by molar-refractivity contribution is 0.0283. The summed E-state index contributed by atoms with van der Waals surface area (Å²) in [6, 6.07) is 5.57. The lowest BCUT2D eigenvalue weighted by Crippen LogP contribution is -2.62. The first-order valence-electron chi connectivity index (χ1n) is 7.83. The number of hydrogen-bond donors (Lipinski definition) is 0. The Bertz CT molecular complexity index is 656. The van der Waals surface area contributed by atoms with Gasteiger partial charge in [0.15, 0.2) is 0 Å². The van der Waals surface area contributed by atoms with Gasteiger partial charge in [0.25, 0.3) is 0 Å². The van der Waals surface area contributed by atoms with Gasteiger partial charge in [0.1, 0.15) is 5.82 Å². The molecule has 2 fully saturated rings. The minimum absolute atomic E-state index is 0.199. The molecule has 0 aromatic heterocycles. The number of hydrogen-bond acceptors (Lipinski definition) is 3. The molecular formula is C16H23FN2O2S. The van der Waals surface area contributed by atoms with Crippen molar-refractivity contribution in [2.24, 2.45) is 0 Å². The molecule has 1 unspecified atom stereocenters. The molecule has 122 valence electrons. The molecule has 6 heteroatoms. The molecule has 3 rings (SSSR count). The summed E-state index contributed by atoms with van der Waals surface area (Å²) >= 11 is 0. The zero-order valence-electron chi connectivity index (χ0n) is 13.1. The summed E-state index contributed by atoms with van der Waals surface area (Å²) in [6.07, 6.45) is 4.63. The molecule has 2 aliphatic rings. The highest BCUT2D eigenvalue weighted by atomic mass is 32.2. The summed E-state index contributed by atoms with van der Waals surface area (Å²) < 4.78 is 38.0. The van der Waals surface area contributed by atoms with Crippen LogP contribution in [-0.4, -0.2) is 49.6 Å². The molecule has 1 aromatic rings. The molecule has 2 heterocycles. The minimum atomic E-state index is -3.08. The number of benzene rings is 1. The van der Waals surface area contributed by atoms with Gasteiger partial charge in [0.05, 0.1) is 6.26 Å². The minimum Gasteiger partial charge on any atom is -0.291 e. The predicted octanol–water partition coefficient (Wildman–Crippen LogP) is 2.30. The Hall–Kier alpha value is -0.980. The van der Waals surface area contributed by atoms with Gasteiger partial charge in [-0.3, -0.25) is 4.90 Å². The van der Waals surface area contributed by atoms with Crippen LogP contribution >= 0.6 is 0 Å². The Morgan fingerprint density at radius 2 is 1.95 bits per heavy atom. The van der Waals surface area contributed by atoms with Crippen LogP contribution in [0.15, 0.2) is 18.2 Å². The Labute approximate surface area is 132 Å². The van der Waals surface area contributed by atoms with Gasteiger partial charge in [0, 0.05) is 25.2 Å². The normalized spacial score (nSPS) is 25.1. The van der Waals surface area contributed by atoms with Crippen LogP contribution in [0.3, 0.4) is 0 Å². The van der Waals surface area contributed by atoms with Crippen molar-refractivity contribution in [3.63, 3.8) is 0 Å². The Kier molecular flexibility index (Phi) is 4.27. The number of halogens is 1. The molecule has 0 bridgehead atoms. The maximum atomic E-state index is 13.3. The van der Waals surface area contributed by atoms with Crippen molar-refractivity contribution < 1.29 is 12.8 Å². The van der Waals surface area contributed by atoms with Crippen LogP contribution in [0.5, 0.6) is 0 Å². The Morgan fingerprint density at radius 3 is 2.59 bits per heavy atom. The van der Waals surface area contributed by atoms with E-state index in [2.05, 4.69) is 4.90 Å². The van der Waals surface area contributed by atoms with Gasteiger partial charge in [-0.15, -0.1) is 0 Å². The highest BCUT2D eigenvalue weighted by Crippen LogP contribution is 2.36. The van der Waals surface area contributed by atoms with Crippen molar-refractivity contribution >= 4 is 10.0 Å². The van der Waals surface area contributed by atoms with E-state index in [1.54, 1.807) is 6.07 Å². The number of aryl methyl sites for hydroxylation is 1. The van der Waals surface area contributed by atoms with Crippen molar-refractivity contribution in [3.05, 3.63) is 35.1 Å². The van der Waals surface area contributed by atoms with Crippen molar-refractivity contribution in [3.8, 4) is 0 Å². The Balaban J connectivity index is 1.78. The maximum Gasteiger partial charge on any atom is 0.211 e. The lowest BCUT2D eigenvalue weighted by Gasteiger charge is -2.49. The summed E-state index contributed by atoms with van der Waals surface area (Å²) in [5, 5.41) is 0. The molecular weight excluding hydrogens is 303 g/mol. The van der Waals surface area contributed by atoms with Crippen LogP contribution in [0.4, 0.5) is 4.39 Å². The summed E-state index contributed by atoms with van der Waals surface area (Å²) in [5.41, 5.74) is 2.16. The van der Waals surface area contributed by atoms with E-state index in [0.29, 0.717) is 13.1 Å². The largest absolute Gasteiger partial charge is 0.291 e. The van der Waals surface area contributed by atoms with Crippen molar-refractivity contribution in [1.29, 1.82) is 0 Å². The fourth-order valence-electron chi connectivity index (χ4n) is 3.64. The van der Waals surface area contributed by atoms with Gasteiger partial charge in [0.2, 0.25) is 10.0 Å². The predicted molar refractivity (Wildman–Crippen MR) is 84.6 cm³/mol. The monoisotopic (exact) mass is 326 g/mol. The number of sulfonamides is 1. The molecule has 2 aliphatic heterocycles. The smallest absolute Gasteiger partial charge is 0.211 e. The van der Waals surface area contributed by atoms with Crippen molar-refractivity contribution in [2.45, 2.75) is 38.3 Å². The van der Waals surface area contributed by atoms with E-state index in [1.165, 1.54) is 28.6 Å². The van der Waals surface area contributed by atoms with Gasteiger partial charge in [-0.25, -0.2) is 12.8 Å². The fourth-order valence-corrected chi connectivity index (χ4v) is 4.52. The average Bonchev–Trinajstić information content (AvgIpc) is 2.36. The molecule has 2 saturated heterocycles. The Morgan fingerprint density at radius 1 is 1.23 bits per heavy atom. The number of rotatable bonds is 3. The third kappa shape index (κ3) is 3.05. The second kappa shape index (κ2) is 5.91. The van der Waals surface area contributed by atoms with Gasteiger partial charge < -0.3 is 0 Å². The fraction of sp³-hybridized carbons (Fsp3) is 0.625. The highest BCUT2D eigenvalue weighted by molar-refractivity contribution is 7.88. The first-order chi connectivity index (χ1) is 10.4. The molecule has 1 aromatic carbocycles. The molecule has 0 radical (unpaired) electrons. The topological polar surface area (TPSA) is 40.6 Å². The molecule has 0 amide bonds. The van der Waals surface area contributed by atoms with Crippen LogP contribution in [0.1, 0.15) is 36.4 Å². The summed E-state index contributed by atoms with van der Waals surface area (Å²) in [4.78, 5) is 2.42. The number of likely N-dealkylation sites (tertiary alicyclic amines) is 1. The molecule has 0 saturated carbocycles. The van der Waals surface area contributed by atoms with E-state index in [0.717, 1.165) is 24.9 Å². The van der Waals surface area contributed by atoms with E-state index in [9.17, 15) is 12.8 Å². The molecule has 22 heavy (non-hydrogen) atoms. The van der Waals surface area contributed by atoms with Crippen LogP contribution in [0.2, 0.25) is 0 Å². The molecule has 0 N–H and O–H groups in total. The second-order valence-electron chi connectivity index (χ2n) is 6.48. The maximum absolute atomic E-state index is 13.3. The first-order valence-corrected chi connectivity index (χ1v) is 9.68. The highest BCUT2D eigenvalue weighted by Gasteiger charge is 2.40. The molecule has 1 atom stereocenters. The number of piperidine rings is 1. The molecule has 0 aliphatic carbocycles. The van der Waals surface area contributed by atoms with E-state index in [-0.39, 0.29) is 17.9 Å². The summed E-state index contributed by atoms with van der Waals surface area (Å²) in [6.45, 7) is 4.10. The molecule has 4 nitrogen and oxygen atoms in total. The van der Waals surface area contributed by atoms with Crippen LogP contribution in [0, 0.1) is 12.7 Å². The van der Waals surface area contributed by atoms with Crippen molar-refractivity contribution in [2.75, 3.05) is 25.9 Å². The summed E-state index contributed by atoms with van der Waals surface area (Å²) in [5.74, 6) is -0.199. The van der Waals surface area contributed by atoms with Crippen LogP contribution < -0.4 is 0 Å². The summed E-state index contributed by atoms with van der Waals surface area (Å²) in [7, 11) is -3.08. The van der Waals surface area contributed by atoms with E-state index >= 15 is 0 Å².